The van der Waals surface area contributed by atoms with Crippen LogP contribution in [0.2, 0.25) is 0 Å². The third-order valence-corrected chi connectivity index (χ3v) is 5.10. The van der Waals surface area contributed by atoms with Gasteiger partial charge in [0.1, 0.15) is 0 Å². The summed E-state index contributed by atoms with van der Waals surface area (Å²) in [7, 11) is 0. The van der Waals surface area contributed by atoms with E-state index in [1.807, 2.05) is 24.3 Å². The van der Waals surface area contributed by atoms with Crippen LogP contribution in [0.25, 0.3) is 11.0 Å². The van der Waals surface area contributed by atoms with Gasteiger partial charge in [0.2, 0.25) is 0 Å². The van der Waals surface area contributed by atoms with E-state index in [0.29, 0.717) is 0 Å². The van der Waals surface area contributed by atoms with Crippen LogP contribution in [0.1, 0.15) is 12.8 Å². The number of hydrogen-bond acceptors (Lipinski definition) is 4. The number of aromatic nitrogens is 1. The van der Waals surface area contributed by atoms with E-state index in [2.05, 4.69) is 21.0 Å². The van der Waals surface area contributed by atoms with Crippen molar-refractivity contribution in [3.63, 3.8) is 0 Å². The minimum atomic E-state index is 0.779. The summed E-state index contributed by atoms with van der Waals surface area (Å²) < 4.78 is 5.42. The minimum Gasteiger partial charge on any atom is -0.370 e. The molecular weight excluding hydrogens is 333 g/mol. The minimum absolute atomic E-state index is 0.779. The van der Waals surface area contributed by atoms with Crippen molar-refractivity contribution < 1.29 is 4.52 Å². The lowest BCUT2D eigenvalue weighted by atomic mass is 10.1. The Bertz CT molecular complexity index is 788. The first-order valence-corrected chi connectivity index (χ1v) is 8.57. The molecule has 4 rings (SSSR count). The van der Waals surface area contributed by atoms with Gasteiger partial charge in [0, 0.05) is 36.9 Å². The number of halogens is 2. The summed E-state index contributed by atoms with van der Waals surface area (Å²) in [6.07, 6.45) is 3.67. The maximum Gasteiger partial charge on any atom is 0.180 e. The highest BCUT2D eigenvalue weighted by Gasteiger charge is 2.24. The Morgan fingerprint density at radius 1 is 0.957 bits per heavy atom. The number of allylic oxidation sites excluding steroid dienone is 4. The smallest absolute Gasteiger partial charge is 0.180 e. The molecule has 0 amide bonds. The molecule has 23 heavy (non-hydrogen) atoms. The lowest BCUT2D eigenvalue weighted by molar-refractivity contribution is 0.307. The maximum absolute atomic E-state index is 6.36. The highest BCUT2D eigenvalue weighted by molar-refractivity contribution is 6.35. The van der Waals surface area contributed by atoms with E-state index >= 15 is 0 Å². The number of piperazine rings is 1. The van der Waals surface area contributed by atoms with E-state index in [1.165, 1.54) is 5.70 Å². The molecule has 0 radical (unpaired) electrons. The number of rotatable bonds is 2. The van der Waals surface area contributed by atoms with Gasteiger partial charge >= 0.3 is 0 Å². The summed E-state index contributed by atoms with van der Waals surface area (Å²) in [6, 6.07) is 7.99. The third-order valence-electron chi connectivity index (χ3n) is 4.48. The summed E-state index contributed by atoms with van der Waals surface area (Å²) in [6.45, 7) is 3.67. The number of hydrogen-bond donors (Lipinski definition) is 0. The maximum atomic E-state index is 6.36. The molecule has 6 heteroatoms. The first-order chi connectivity index (χ1) is 11.2. The largest absolute Gasteiger partial charge is 0.370 e. The van der Waals surface area contributed by atoms with E-state index in [4.69, 9.17) is 27.7 Å². The summed E-state index contributed by atoms with van der Waals surface area (Å²) >= 11 is 12.4. The van der Waals surface area contributed by atoms with E-state index in [1.54, 1.807) is 0 Å². The van der Waals surface area contributed by atoms with Gasteiger partial charge < -0.3 is 14.3 Å². The van der Waals surface area contributed by atoms with Crippen molar-refractivity contribution >= 4 is 40.0 Å². The zero-order valence-corrected chi connectivity index (χ0v) is 14.1. The lowest BCUT2D eigenvalue weighted by Crippen LogP contribution is -2.46. The lowest BCUT2D eigenvalue weighted by Gasteiger charge is -2.38. The van der Waals surface area contributed by atoms with Crippen molar-refractivity contribution in [2.24, 2.45) is 0 Å². The summed E-state index contributed by atoms with van der Waals surface area (Å²) in [5.74, 6) is 0.937. The van der Waals surface area contributed by atoms with Crippen molar-refractivity contribution in [1.82, 2.24) is 10.1 Å². The van der Waals surface area contributed by atoms with Crippen LogP contribution < -0.4 is 4.90 Å². The van der Waals surface area contributed by atoms with E-state index < -0.39 is 0 Å². The molecule has 0 bridgehead atoms. The molecule has 1 aliphatic heterocycles. The third kappa shape index (κ3) is 2.81. The Morgan fingerprint density at radius 2 is 1.70 bits per heavy atom. The normalized spacial score (nSPS) is 19.5. The van der Waals surface area contributed by atoms with Crippen molar-refractivity contribution in [3.05, 3.63) is 46.1 Å². The van der Waals surface area contributed by atoms with Crippen LogP contribution in [-0.2, 0) is 0 Å². The molecule has 0 N–H and O–H groups in total. The monoisotopic (exact) mass is 349 g/mol. The van der Waals surface area contributed by atoms with Crippen LogP contribution in [0, 0.1) is 0 Å². The standard InChI is InChI=1S/C17H17Cl2N3O/c18-12-5-6-15(14(19)11-12)21-7-9-22(10-8-21)17-13-3-1-2-4-16(13)23-20-17/h1-4,11H,5-10H2. The van der Waals surface area contributed by atoms with E-state index in [-0.39, 0.29) is 0 Å². The van der Waals surface area contributed by atoms with Gasteiger partial charge in [-0.25, -0.2) is 0 Å². The molecular formula is C17H17Cl2N3O. The topological polar surface area (TPSA) is 32.5 Å². The Hall–Kier alpha value is -1.65. The highest BCUT2D eigenvalue weighted by Crippen LogP contribution is 2.32. The average molecular weight is 350 g/mol. The average Bonchev–Trinajstić information content (AvgIpc) is 2.99. The second-order valence-corrected chi connectivity index (χ2v) is 6.75. The number of benzene rings is 1. The predicted molar refractivity (Wildman–Crippen MR) is 93.8 cm³/mol. The SMILES string of the molecule is ClC1=CC(Cl)=C(N2CCN(c3noc4ccccc34)CC2)CC1. The molecule has 2 aliphatic rings. The number of anilines is 1. The van der Waals surface area contributed by atoms with Crippen LogP contribution >= 0.6 is 23.2 Å². The first kappa shape index (κ1) is 14.9. The summed E-state index contributed by atoms with van der Waals surface area (Å²) in [5, 5.41) is 6.94. The fraction of sp³-hybridized carbons (Fsp3) is 0.353. The van der Waals surface area contributed by atoms with Gasteiger partial charge in [-0.15, -0.1) is 0 Å². The van der Waals surface area contributed by atoms with Gasteiger partial charge in [0.15, 0.2) is 11.4 Å². The first-order valence-electron chi connectivity index (χ1n) is 7.81. The van der Waals surface area contributed by atoms with Crippen LogP contribution in [-0.4, -0.2) is 36.2 Å². The van der Waals surface area contributed by atoms with Crippen LogP contribution in [0.3, 0.4) is 0 Å². The van der Waals surface area contributed by atoms with Gasteiger partial charge in [0.05, 0.1) is 10.4 Å². The molecule has 0 spiro atoms. The van der Waals surface area contributed by atoms with E-state index in [9.17, 15) is 0 Å². The van der Waals surface area contributed by atoms with Crippen LogP contribution in [0.5, 0.6) is 0 Å². The van der Waals surface area contributed by atoms with Crippen molar-refractivity contribution in [2.45, 2.75) is 12.8 Å². The number of fused-ring (bicyclic) bond motifs is 1. The van der Waals surface area contributed by atoms with Crippen molar-refractivity contribution in [3.8, 4) is 0 Å². The second kappa shape index (κ2) is 6.10. The molecule has 120 valence electrons. The molecule has 1 fully saturated rings. The predicted octanol–water partition coefficient (Wildman–Crippen LogP) is 4.32. The molecule has 0 atom stereocenters. The van der Waals surface area contributed by atoms with Crippen LogP contribution in [0.4, 0.5) is 5.82 Å². The fourth-order valence-corrected chi connectivity index (χ4v) is 3.85. The molecule has 1 saturated heterocycles. The Kier molecular flexibility index (Phi) is 3.95. The fourth-order valence-electron chi connectivity index (χ4n) is 3.25. The van der Waals surface area contributed by atoms with Gasteiger partial charge in [-0.1, -0.05) is 40.5 Å². The molecule has 1 aromatic carbocycles. The molecule has 0 unspecified atom stereocenters. The highest BCUT2D eigenvalue weighted by atomic mass is 35.5. The number of nitrogens with zero attached hydrogens (tertiary/aromatic N) is 3. The number of para-hydroxylation sites is 1. The van der Waals surface area contributed by atoms with Crippen molar-refractivity contribution in [2.75, 3.05) is 31.1 Å². The van der Waals surface area contributed by atoms with Crippen molar-refractivity contribution in [1.29, 1.82) is 0 Å². The van der Waals surface area contributed by atoms with Crippen LogP contribution in [0.15, 0.2) is 50.6 Å². The summed E-state index contributed by atoms with van der Waals surface area (Å²) in [4.78, 5) is 4.64. The molecule has 2 heterocycles. The zero-order valence-electron chi connectivity index (χ0n) is 12.6. The molecule has 1 aliphatic carbocycles. The molecule has 0 saturated carbocycles. The molecule has 2 aromatic rings. The Morgan fingerprint density at radius 3 is 2.48 bits per heavy atom. The van der Waals surface area contributed by atoms with Gasteiger partial charge in [0.25, 0.3) is 0 Å². The van der Waals surface area contributed by atoms with Gasteiger partial charge in [-0.05, 0) is 31.1 Å². The Labute approximate surface area is 144 Å². The summed E-state index contributed by atoms with van der Waals surface area (Å²) in [5.41, 5.74) is 2.04. The molecule has 1 aromatic heterocycles. The molecule has 4 nitrogen and oxygen atoms in total. The Balaban J connectivity index is 1.50. The van der Waals surface area contributed by atoms with Gasteiger partial charge in [-0.3, -0.25) is 0 Å². The van der Waals surface area contributed by atoms with Gasteiger partial charge in [-0.2, -0.15) is 0 Å². The zero-order chi connectivity index (χ0) is 15.8. The van der Waals surface area contributed by atoms with E-state index in [0.717, 1.165) is 65.9 Å². The quantitative estimate of drug-likeness (QED) is 0.808. The second-order valence-electron chi connectivity index (χ2n) is 5.86.